The summed E-state index contributed by atoms with van der Waals surface area (Å²) in [5, 5.41) is -0.0970. The number of hydrogen-bond donors (Lipinski definition) is 1. The molecule has 1 aromatic heterocycles. The summed E-state index contributed by atoms with van der Waals surface area (Å²) in [6.07, 6.45) is 1.40. The quantitative estimate of drug-likeness (QED) is 0.913. The van der Waals surface area contributed by atoms with Crippen molar-refractivity contribution in [3.63, 3.8) is 0 Å². The summed E-state index contributed by atoms with van der Waals surface area (Å²) >= 11 is 3.05. The first-order valence-electron chi connectivity index (χ1n) is 5.69. The predicted molar refractivity (Wildman–Crippen MR) is 77.6 cm³/mol. The van der Waals surface area contributed by atoms with Crippen LogP contribution in [0.5, 0.6) is 0 Å². The summed E-state index contributed by atoms with van der Waals surface area (Å²) in [6.45, 7) is 3.38. The van der Waals surface area contributed by atoms with Gasteiger partial charge in [0.25, 0.3) is 10.0 Å². The Hall–Kier alpha value is -1.41. The normalized spacial score (nSPS) is 11.7. The van der Waals surface area contributed by atoms with Crippen LogP contribution in [-0.4, -0.2) is 18.0 Å². The topological polar surface area (TPSA) is 64.0 Å². The van der Waals surface area contributed by atoms with E-state index in [9.17, 15) is 12.8 Å². The number of aromatic nitrogens is 2. The van der Waals surface area contributed by atoms with Gasteiger partial charge in [0.2, 0.25) is 0 Å². The van der Waals surface area contributed by atoms with Gasteiger partial charge in [0.05, 0.1) is 10.2 Å². The van der Waals surface area contributed by atoms with E-state index in [1.54, 1.807) is 25.5 Å². The molecular weight excluding hydrogens is 349 g/mol. The smallest absolute Gasteiger partial charge is 0.280 e. The Morgan fingerprint density at radius 2 is 2.00 bits per heavy atom. The van der Waals surface area contributed by atoms with Crippen LogP contribution in [-0.2, 0) is 17.1 Å². The van der Waals surface area contributed by atoms with E-state index in [0.717, 1.165) is 6.07 Å². The van der Waals surface area contributed by atoms with Crippen molar-refractivity contribution < 1.29 is 12.8 Å². The molecule has 1 aromatic carbocycles. The Kier molecular flexibility index (Phi) is 3.88. The zero-order chi connectivity index (χ0) is 15.1. The Morgan fingerprint density at radius 1 is 1.35 bits per heavy atom. The third-order valence-electron chi connectivity index (χ3n) is 2.87. The van der Waals surface area contributed by atoms with Gasteiger partial charge in [0.15, 0.2) is 5.03 Å². The van der Waals surface area contributed by atoms with Crippen molar-refractivity contribution in [1.29, 1.82) is 0 Å². The SMILES string of the molecule is Cc1cc(Br)c(F)cc1NS(=O)(=O)c1cn(C)c(C)n1. The molecule has 2 aromatic rings. The Bertz CT molecular complexity index is 752. The number of rotatable bonds is 3. The third-order valence-corrected chi connectivity index (χ3v) is 4.72. The van der Waals surface area contributed by atoms with E-state index >= 15 is 0 Å². The highest BCUT2D eigenvalue weighted by Crippen LogP contribution is 2.25. The molecule has 0 saturated carbocycles. The lowest BCUT2D eigenvalue weighted by Crippen LogP contribution is -2.14. The molecule has 0 aliphatic heterocycles. The minimum absolute atomic E-state index is 0.0970. The van der Waals surface area contributed by atoms with Gasteiger partial charge in [0.1, 0.15) is 11.6 Å². The van der Waals surface area contributed by atoms with Gasteiger partial charge in [-0.15, -0.1) is 0 Å². The number of anilines is 1. The standard InChI is InChI=1S/C12H13BrFN3O2S/c1-7-4-9(13)10(14)5-11(7)16-20(18,19)12-6-17(3)8(2)15-12/h4-6,16H,1-3H3. The number of aryl methyl sites for hydroxylation is 3. The maximum absolute atomic E-state index is 13.5. The summed E-state index contributed by atoms with van der Waals surface area (Å²) in [5.74, 6) is 0.0367. The van der Waals surface area contributed by atoms with Crippen LogP contribution in [0, 0.1) is 19.7 Å². The number of hydrogen-bond acceptors (Lipinski definition) is 3. The average Bonchev–Trinajstić information content (AvgIpc) is 2.67. The highest BCUT2D eigenvalue weighted by Gasteiger charge is 2.20. The number of halogens is 2. The van der Waals surface area contributed by atoms with Gasteiger partial charge in [0, 0.05) is 13.2 Å². The first-order chi connectivity index (χ1) is 9.20. The fourth-order valence-electron chi connectivity index (χ4n) is 1.61. The molecule has 0 amide bonds. The molecular formula is C12H13BrFN3O2S. The van der Waals surface area contributed by atoms with Crippen molar-refractivity contribution in [3.05, 3.63) is 40.0 Å². The molecule has 0 aliphatic carbocycles. The highest BCUT2D eigenvalue weighted by molar-refractivity contribution is 9.10. The van der Waals surface area contributed by atoms with Gasteiger partial charge < -0.3 is 4.57 Å². The van der Waals surface area contributed by atoms with E-state index in [2.05, 4.69) is 25.6 Å². The molecule has 1 N–H and O–H groups in total. The van der Waals surface area contributed by atoms with Crippen LogP contribution in [0.4, 0.5) is 10.1 Å². The van der Waals surface area contributed by atoms with Crippen LogP contribution in [0.25, 0.3) is 0 Å². The Labute approximate surface area is 125 Å². The summed E-state index contributed by atoms with van der Waals surface area (Å²) in [7, 11) is -2.13. The maximum atomic E-state index is 13.5. The van der Waals surface area contributed by atoms with Crippen LogP contribution in [0.3, 0.4) is 0 Å². The summed E-state index contributed by atoms with van der Waals surface area (Å²) in [5.41, 5.74) is 0.795. The van der Waals surface area contributed by atoms with Gasteiger partial charge in [-0.1, -0.05) is 0 Å². The fraction of sp³-hybridized carbons (Fsp3) is 0.250. The molecule has 1 heterocycles. The van der Waals surface area contributed by atoms with Crippen LogP contribution < -0.4 is 4.72 Å². The molecule has 0 fully saturated rings. The molecule has 0 radical (unpaired) electrons. The lowest BCUT2D eigenvalue weighted by Gasteiger charge is -2.09. The maximum Gasteiger partial charge on any atom is 0.280 e. The van der Waals surface area contributed by atoms with E-state index < -0.39 is 15.8 Å². The average molecular weight is 362 g/mol. The lowest BCUT2D eigenvalue weighted by molar-refractivity contribution is 0.597. The van der Waals surface area contributed by atoms with Crippen molar-refractivity contribution in [2.45, 2.75) is 18.9 Å². The number of nitrogens with one attached hydrogen (secondary N) is 1. The van der Waals surface area contributed by atoms with Crippen LogP contribution in [0.1, 0.15) is 11.4 Å². The van der Waals surface area contributed by atoms with Crippen LogP contribution in [0.15, 0.2) is 27.8 Å². The van der Waals surface area contributed by atoms with E-state index in [4.69, 9.17) is 0 Å². The molecule has 0 atom stereocenters. The molecule has 2 rings (SSSR count). The first kappa shape index (κ1) is 15.0. The predicted octanol–water partition coefficient (Wildman–Crippen LogP) is 2.74. The van der Waals surface area contributed by atoms with Gasteiger partial charge in [-0.25, -0.2) is 9.37 Å². The molecule has 20 heavy (non-hydrogen) atoms. The second-order valence-corrected chi connectivity index (χ2v) is 6.91. The monoisotopic (exact) mass is 361 g/mol. The van der Waals surface area contributed by atoms with Crippen molar-refractivity contribution >= 4 is 31.6 Å². The Balaban J connectivity index is 2.40. The number of benzene rings is 1. The summed E-state index contributed by atoms with van der Waals surface area (Å²) in [6, 6.07) is 2.64. The minimum Gasteiger partial charge on any atom is -0.337 e. The largest absolute Gasteiger partial charge is 0.337 e. The molecule has 8 heteroatoms. The van der Waals surface area contributed by atoms with E-state index in [1.807, 2.05) is 0 Å². The molecule has 5 nitrogen and oxygen atoms in total. The summed E-state index contributed by atoms with van der Waals surface area (Å²) in [4.78, 5) is 3.96. The number of sulfonamides is 1. The summed E-state index contributed by atoms with van der Waals surface area (Å²) < 4.78 is 42.1. The molecule has 0 bridgehead atoms. The van der Waals surface area contributed by atoms with E-state index in [1.165, 1.54) is 12.3 Å². The van der Waals surface area contributed by atoms with E-state index in [-0.39, 0.29) is 15.2 Å². The number of nitrogens with zero attached hydrogens (tertiary/aromatic N) is 2. The molecule has 0 saturated heterocycles. The zero-order valence-corrected chi connectivity index (χ0v) is 13.5. The van der Waals surface area contributed by atoms with Gasteiger partial charge in [-0.2, -0.15) is 8.42 Å². The molecule has 108 valence electrons. The second-order valence-electron chi connectivity index (χ2n) is 4.42. The van der Waals surface area contributed by atoms with E-state index in [0.29, 0.717) is 11.4 Å². The molecule has 0 aliphatic rings. The highest BCUT2D eigenvalue weighted by atomic mass is 79.9. The van der Waals surface area contributed by atoms with Crippen LogP contribution >= 0.6 is 15.9 Å². The first-order valence-corrected chi connectivity index (χ1v) is 7.97. The van der Waals surface area contributed by atoms with Crippen molar-refractivity contribution in [2.75, 3.05) is 4.72 Å². The number of imidazole rings is 1. The Morgan fingerprint density at radius 3 is 2.55 bits per heavy atom. The molecule has 0 unspecified atom stereocenters. The minimum atomic E-state index is -3.83. The van der Waals surface area contributed by atoms with Crippen LogP contribution in [0.2, 0.25) is 0 Å². The molecule has 0 spiro atoms. The second kappa shape index (κ2) is 5.17. The van der Waals surface area contributed by atoms with Gasteiger partial charge >= 0.3 is 0 Å². The van der Waals surface area contributed by atoms with Gasteiger partial charge in [-0.05, 0) is 47.5 Å². The third kappa shape index (κ3) is 2.85. The van der Waals surface area contributed by atoms with Gasteiger partial charge in [-0.3, -0.25) is 4.72 Å². The van der Waals surface area contributed by atoms with Crippen molar-refractivity contribution in [2.24, 2.45) is 7.05 Å². The van der Waals surface area contributed by atoms with Crippen molar-refractivity contribution in [1.82, 2.24) is 9.55 Å². The van der Waals surface area contributed by atoms with Crippen molar-refractivity contribution in [3.8, 4) is 0 Å². The lowest BCUT2D eigenvalue weighted by atomic mass is 10.2. The zero-order valence-electron chi connectivity index (χ0n) is 11.1. The fourth-order valence-corrected chi connectivity index (χ4v) is 3.23.